The Morgan fingerprint density at radius 2 is 1.86 bits per heavy atom. The molecule has 0 saturated heterocycles. The molecule has 1 aromatic rings. The van der Waals surface area contributed by atoms with Crippen LogP contribution in [0.5, 0.6) is 0 Å². The third-order valence-electron chi connectivity index (χ3n) is 2.73. The Labute approximate surface area is 126 Å². The van der Waals surface area contributed by atoms with Crippen LogP contribution in [0.3, 0.4) is 0 Å². The summed E-state index contributed by atoms with van der Waals surface area (Å²) >= 11 is 0. The van der Waals surface area contributed by atoms with Crippen molar-refractivity contribution in [1.82, 2.24) is 5.32 Å². The highest BCUT2D eigenvalue weighted by atomic mass is 32.3. The highest BCUT2D eigenvalue weighted by Crippen LogP contribution is 2.18. The second-order valence-electron chi connectivity index (χ2n) is 5.06. The number of hydrogen-bond acceptors (Lipinski definition) is 5. The highest BCUT2D eigenvalue weighted by molar-refractivity contribution is 8.08. The normalized spacial score (nSPS) is 13.9. The van der Waals surface area contributed by atoms with Gasteiger partial charge in [-0.05, 0) is 37.6 Å². The zero-order valence-corrected chi connectivity index (χ0v) is 14.1. The number of sulfone groups is 1. The van der Waals surface area contributed by atoms with E-state index in [2.05, 4.69) is 17.0 Å². The van der Waals surface area contributed by atoms with E-state index in [1.807, 2.05) is 13.0 Å². The van der Waals surface area contributed by atoms with E-state index >= 15 is 0 Å². The molecular weight excluding hydrogens is 312 g/mol. The van der Waals surface area contributed by atoms with Gasteiger partial charge in [-0.3, -0.25) is 4.72 Å². The van der Waals surface area contributed by atoms with Crippen LogP contribution in [0.15, 0.2) is 24.3 Å². The molecule has 0 aliphatic carbocycles. The molecule has 21 heavy (non-hydrogen) atoms. The first-order valence-corrected chi connectivity index (χ1v) is 10.4. The lowest BCUT2D eigenvalue weighted by molar-refractivity contribution is 0.571. The van der Waals surface area contributed by atoms with Gasteiger partial charge in [0.2, 0.25) is 10.0 Å². The van der Waals surface area contributed by atoms with Gasteiger partial charge >= 0.3 is 0 Å². The van der Waals surface area contributed by atoms with Crippen LogP contribution in [0.1, 0.15) is 31.9 Å². The van der Waals surface area contributed by atoms with E-state index < -0.39 is 24.9 Å². The van der Waals surface area contributed by atoms with E-state index in [0.717, 1.165) is 24.8 Å². The summed E-state index contributed by atoms with van der Waals surface area (Å²) in [6.07, 6.45) is 1.89. The summed E-state index contributed by atoms with van der Waals surface area (Å²) in [7, 11) is -7.51. The highest BCUT2D eigenvalue weighted by Gasteiger charge is 2.18. The van der Waals surface area contributed by atoms with E-state index in [1.165, 1.54) is 0 Å². The van der Waals surface area contributed by atoms with E-state index in [4.69, 9.17) is 0 Å². The topological polar surface area (TPSA) is 92.3 Å². The molecule has 2 N–H and O–H groups in total. The number of sulfonamides is 1. The summed E-state index contributed by atoms with van der Waals surface area (Å²) in [4.78, 5) is 0. The number of anilines is 1. The van der Waals surface area contributed by atoms with Crippen LogP contribution < -0.4 is 10.0 Å². The first kappa shape index (κ1) is 17.9. The average molecular weight is 334 g/mol. The molecule has 0 fully saturated rings. The first-order chi connectivity index (χ1) is 9.63. The summed E-state index contributed by atoms with van der Waals surface area (Å²) < 4.78 is 48.0. The quantitative estimate of drug-likeness (QED) is 0.751. The molecule has 0 bridgehead atoms. The molecule has 0 amide bonds. The Morgan fingerprint density at radius 3 is 2.43 bits per heavy atom. The van der Waals surface area contributed by atoms with Crippen molar-refractivity contribution < 1.29 is 16.8 Å². The summed E-state index contributed by atoms with van der Waals surface area (Å²) in [5, 5.41) is 2.38. The van der Waals surface area contributed by atoms with Crippen LogP contribution in [0.2, 0.25) is 0 Å². The van der Waals surface area contributed by atoms with Crippen LogP contribution in [0.4, 0.5) is 5.69 Å². The van der Waals surface area contributed by atoms with E-state index in [1.54, 1.807) is 18.2 Å². The maximum atomic E-state index is 11.8. The lowest BCUT2D eigenvalue weighted by atomic mass is 10.1. The van der Waals surface area contributed by atoms with Crippen molar-refractivity contribution in [3.05, 3.63) is 29.8 Å². The van der Waals surface area contributed by atoms with Gasteiger partial charge in [0.1, 0.15) is 0 Å². The number of hydrogen-bond donors (Lipinski definition) is 2. The summed E-state index contributed by atoms with van der Waals surface area (Å²) in [5.41, 5.74) is 1.30. The van der Waals surface area contributed by atoms with Crippen molar-refractivity contribution in [2.75, 3.05) is 22.6 Å². The fourth-order valence-corrected chi connectivity index (χ4v) is 4.82. The minimum absolute atomic E-state index is 0.0873. The summed E-state index contributed by atoms with van der Waals surface area (Å²) in [6, 6.07) is 7.01. The van der Waals surface area contributed by atoms with Gasteiger partial charge in [-0.15, -0.1) is 0 Å². The smallest absolute Gasteiger partial charge is 0.247 e. The number of benzene rings is 1. The monoisotopic (exact) mass is 334 g/mol. The molecule has 0 aliphatic heterocycles. The molecule has 1 unspecified atom stereocenters. The van der Waals surface area contributed by atoms with Gasteiger partial charge in [-0.25, -0.2) is 16.8 Å². The second-order valence-corrected chi connectivity index (χ2v) is 9.29. The molecular formula is C13H22N2O4S2. The SMILES string of the molecule is CCCNC(C)c1cccc(NS(=O)(=O)CS(C)(=O)=O)c1. The Balaban J connectivity index is 2.86. The minimum atomic E-state index is -3.91. The van der Waals surface area contributed by atoms with Crippen molar-refractivity contribution in [3.63, 3.8) is 0 Å². The second kappa shape index (κ2) is 7.24. The van der Waals surface area contributed by atoms with Crippen molar-refractivity contribution in [2.45, 2.75) is 26.3 Å². The van der Waals surface area contributed by atoms with Gasteiger partial charge in [-0.1, -0.05) is 19.1 Å². The minimum Gasteiger partial charge on any atom is -0.310 e. The first-order valence-electron chi connectivity index (χ1n) is 6.64. The van der Waals surface area contributed by atoms with Crippen molar-refractivity contribution in [1.29, 1.82) is 0 Å². The maximum Gasteiger partial charge on any atom is 0.247 e. The predicted octanol–water partition coefficient (Wildman–Crippen LogP) is 1.49. The zero-order chi connectivity index (χ0) is 16.1. The molecule has 0 radical (unpaired) electrons. The van der Waals surface area contributed by atoms with Crippen LogP contribution in [-0.2, 0) is 19.9 Å². The largest absolute Gasteiger partial charge is 0.310 e. The van der Waals surface area contributed by atoms with Gasteiger partial charge in [-0.2, -0.15) is 0 Å². The predicted molar refractivity (Wildman–Crippen MR) is 85.4 cm³/mol. The van der Waals surface area contributed by atoms with Crippen LogP contribution in [-0.4, -0.2) is 34.7 Å². The van der Waals surface area contributed by atoms with Gasteiger partial charge < -0.3 is 5.32 Å². The fourth-order valence-electron chi connectivity index (χ4n) is 1.84. The van der Waals surface area contributed by atoms with Crippen LogP contribution in [0.25, 0.3) is 0 Å². The van der Waals surface area contributed by atoms with E-state index in [-0.39, 0.29) is 6.04 Å². The molecule has 0 aromatic heterocycles. The molecule has 8 heteroatoms. The molecule has 1 aromatic carbocycles. The van der Waals surface area contributed by atoms with Gasteiger partial charge in [0, 0.05) is 18.0 Å². The molecule has 1 atom stereocenters. The lowest BCUT2D eigenvalue weighted by Crippen LogP contribution is -2.23. The van der Waals surface area contributed by atoms with E-state index in [0.29, 0.717) is 5.69 Å². The van der Waals surface area contributed by atoms with E-state index in [9.17, 15) is 16.8 Å². The number of nitrogens with one attached hydrogen (secondary N) is 2. The van der Waals surface area contributed by atoms with Crippen LogP contribution >= 0.6 is 0 Å². The third kappa shape index (κ3) is 6.92. The van der Waals surface area contributed by atoms with Gasteiger partial charge in [0.05, 0.1) is 0 Å². The maximum absolute atomic E-state index is 11.8. The van der Waals surface area contributed by atoms with Gasteiger partial charge in [0.25, 0.3) is 0 Å². The van der Waals surface area contributed by atoms with Crippen molar-refractivity contribution in [2.24, 2.45) is 0 Å². The molecule has 0 spiro atoms. The molecule has 0 heterocycles. The van der Waals surface area contributed by atoms with Crippen LogP contribution in [0, 0.1) is 0 Å². The van der Waals surface area contributed by atoms with Crippen molar-refractivity contribution >= 4 is 25.5 Å². The Bertz CT molecular complexity index is 669. The summed E-state index contributed by atoms with van der Waals surface area (Å²) in [6.45, 7) is 4.92. The number of rotatable bonds is 8. The molecule has 6 nitrogen and oxygen atoms in total. The third-order valence-corrected chi connectivity index (χ3v) is 6.23. The lowest BCUT2D eigenvalue weighted by Gasteiger charge is -2.15. The molecule has 120 valence electrons. The zero-order valence-electron chi connectivity index (χ0n) is 12.5. The standard InChI is InChI=1S/C13H22N2O4S2/c1-4-8-14-11(2)12-6-5-7-13(9-12)15-21(18,19)10-20(3,16)17/h5-7,9,11,14-15H,4,8,10H2,1-3H3. The fraction of sp³-hybridized carbons (Fsp3) is 0.538. The Kier molecular flexibility index (Phi) is 6.18. The Morgan fingerprint density at radius 1 is 1.19 bits per heavy atom. The van der Waals surface area contributed by atoms with Crippen molar-refractivity contribution in [3.8, 4) is 0 Å². The summed E-state index contributed by atoms with van der Waals surface area (Å²) in [5.74, 6) is 0. The molecule has 1 rings (SSSR count). The Hall–Kier alpha value is -1.12. The van der Waals surface area contributed by atoms with Gasteiger partial charge in [0.15, 0.2) is 14.9 Å². The molecule has 0 aliphatic rings. The molecule has 0 saturated carbocycles. The average Bonchev–Trinajstić information content (AvgIpc) is 2.32.